The Labute approximate surface area is 129 Å². The molecule has 0 saturated carbocycles. The molecule has 2 rings (SSSR count). The van der Waals surface area contributed by atoms with Gasteiger partial charge in [-0.1, -0.05) is 11.6 Å². The van der Waals surface area contributed by atoms with Crippen LogP contribution in [0.25, 0.3) is 0 Å². The molecule has 0 atom stereocenters. The maximum absolute atomic E-state index is 11.4. The first-order valence-corrected chi connectivity index (χ1v) is 7.51. The van der Waals surface area contributed by atoms with E-state index in [0.717, 1.165) is 24.3 Å². The fourth-order valence-electron chi connectivity index (χ4n) is 2.20. The molecule has 1 aromatic rings. The maximum Gasteiger partial charge on any atom is 0.306 e. The molecule has 6 nitrogen and oxygen atoms in total. The average Bonchev–Trinajstić information content (AvgIpc) is 2.47. The lowest BCUT2D eigenvalue weighted by atomic mass is 10.1. The first-order chi connectivity index (χ1) is 10.1. The molecule has 0 unspecified atom stereocenters. The number of nitrogens with zero attached hydrogens (tertiary/aromatic N) is 3. The van der Waals surface area contributed by atoms with Gasteiger partial charge in [0, 0.05) is 30.8 Å². The third kappa shape index (κ3) is 4.28. The normalized spacial score (nSPS) is 15.1. The Kier molecular flexibility index (Phi) is 5.76. The molecule has 7 heteroatoms. The van der Waals surface area contributed by atoms with Crippen LogP contribution in [0, 0.1) is 6.92 Å². The Morgan fingerprint density at radius 1 is 1.38 bits per heavy atom. The van der Waals surface area contributed by atoms with Gasteiger partial charge in [0.2, 0.25) is 5.95 Å². The van der Waals surface area contributed by atoms with Crippen LogP contribution in [-0.2, 0) is 20.7 Å². The van der Waals surface area contributed by atoms with Gasteiger partial charge >= 0.3 is 5.97 Å². The van der Waals surface area contributed by atoms with Gasteiger partial charge in [-0.2, -0.15) is 0 Å². The van der Waals surface area contributed by atoms with Crippen LogP contribution in [0.1, 0.15) is 24.6 Å². The fraction of sp³-hybridized carbons (Fsp3) is 0.643. The summed E-state index contributed by atoms with van der Waals surface area (Å²) in [6, 6.07) is 0. The molecule has 0 bridgehead atoms. The molecule has 0 aliphatic carbocycles. The Balaban J connectivity index is 2.07. The molecule has 1 aliphatic rings. The number of aryl methyl sites for hydroxylation is 1. The van der Waals surface area contributed by atoms with Crippen LogP contribution >= 0.6 is 11.6 Å². The molecule has 1 aliphatic heterocycles. The van der Waals surface area contributed by atoms with Gasteiger partial charge in [0.1, 0.15) is 5.15 Å². The molecule has 0 amide bonds. The third-order valence-electron chi connectivity index (χ3n) is 3.33. The zero-order valence-electron chi connectivity index (χ0n) is 12.4. The van der Waals surface area contributed by atoms with Crippen molar-refractivity contribution in [3.63, 3.8) is 0 Å². The van der Waals surface area contributed by atoms with Crippen molar-refractivity contribution < 1.29 is 14.3 Å². The highest BCUT2D eigenvalue weighted by Crippen LogP contribution is 2.22. The number of carbonyl (C=O) groups excluding carboxylic acids is 1. The Morgan fingerprint density at radius 3 is 2.71 bits per heavy atom. The Morgan fingerprint density at radius 2 is 2.10 bits per heavy atom. The first kappa shape index (κ1) is 16.0. The summed E-state index contributed by atoms with van der Waals surface area (Å²) in [5.41, 5.74) is 1.61. The Hall–Kier alpha value is -1.40. The van der Waals surface area contributed by atoms with Gasteiger partial charge in [-0.05, 0) is 20.3 Å². The molecule has 1 saturated heterocycles. The molecular formula is C14H20ClN3O3. The van der Waals surface area contributed by atoms with Crippen LogP contribution in [0.15, 0.2) is 0 Å². The number of esters is 1. The number of halogens is 1. The Bertz CT molecular complexity index is 481. The number of ether oxygens (including phenoxy) is 2. The number of anilines is 1. The van der Waals surface area contributed by atoms with E-state index in [1.807, 2.05) is 6.92 Å². The van der Waals surface area contributed by atoms with Gasteiger partial charge in [-0.25, -0.2) is 9.97 Å². The number of carbonyl (C=O) groups is 1. The van der Waals surface area contributed by atoms with E-state index in [1.165, 1.54) is 0 Å². The van der Waals surface area contributed by atoms with E-state index in [2.05, 4.69) is 14.9 Å². The molecule has 116 valence electrons. The van der Waals surface area contributed by atoms with Crippen LogP contribution in [0.2, 0.25) is 5.15 Å². The zero-order valence-corrected chi connectivity index (χ0v) is 13.2. The second kappa shape index (κ2) is 7.56. The predicted octanol–water partition coefficient (Wildman–Crippen LogP) is 1.77. The summed E-state index contributed by atoms with van der Waals surface area (Å²) < 4.78 is 10.2. The summed E-state index contributed by atoms with van der Waals surface area (Å²) in [6.07, 6.45) is 0.779. The van der Waals surface area contributed by atoms with Crippen molar-refractivity contribution in [2.45, 2.75) is 26.7 Å². The van der Waals surface area contributed by atoms with E-state index < -0.39 is 0 Å². The number of morpholine rings is 1. The van der Waals surface area contributed by atoms with Gasteiger partial charge in [-0.3, -0.25) is 4.79 Å². The van der Waals surface area contributed by atoms with Crippen molar-refractivity contribution in [2.24, 2.45) is 0 Å². The van der Waals surface area contributed by atoms with Crippen LogP contribution in [-0.4, -0.2) is 48.8 Å². The van der Waals surface area contributed by atoms with E-state index in [4.69, 9.17) is 21.1 Å². The lowest BCUT2D eigenvalue weighted by molar-refractivity contribution is -0.143. The molecule has 2 heterocycles. The lowest BCUT2D eigenvalue weighted by Gasteiger charge is -2.27. The maximum atomic E-state index is 11.4. The molecule has 1 fully saturated rings. The number of rotatable bonds is 5. The molecule has 0 spiro atoms. The molecule has 0 N–H and O–H groups in total. The smallest absolute Gasteiger partial charge is 0.306 e. The van der Waals surface area contributed by atoms with Crippen LogP contribution < -0.4 is 4.90 Å². The largest absolute Gasteiger partial charge is 0.466 e. The van der Waals surface area contributed by atoms with Crippen molar-refractivity contribution in [1.29, 1.82) is 0 Å². The van der Waals surface area contributed by atoms with Crippen LogP contribution in [0.3, 0.4) is 0 Å². The second-order valence-electron chi connectivity index (χ2n) is 4.78. The summed E-state index contributed by atoms with van der Waals surface area (Å²) in [6.45, 7) is 6.93. The molecule has 1 aromatic heterocycles. The number of hydrogen-bond acceptors (Lipinski definition) is 6. The van der Waals surface area contributed by atoms with Crippen LogP contribution in [0.5, 0.6) is 0 Å². The predicted molar refractivity (Wildman–Crippen MR) is 79.8 cm³/mol. The minimum Gasteiger partial charge on any atom is -0.466 e. The quantitative estimate of drug-likeness (QED) is 0.610. The molecule has 0 aromatic carbocycles. The van der Waals surface area contributed by atoms with Gasteiger partial charge in [0.05, 0.1) is 19.8 Å². The summed E-state index contributed by atoms with van der Waals surface area (Å²) in [5, 5.41) is 0.410. The minimum atomic E-state index is -0.231. The van der Waals surface area contributed by atoms with E-state index in [9.17, 15) is 4.79 Å². The van der Waals surface area contributed by atoms with Crippen molar-refractivity contribution in [3.05, 3.63) is 16.4 Å². The summed E-state index contributed by atoms with van der Waals surface area (Å²) >= 11 is 6.25. The molecule has 0 radical (unpaired) electrons. The number of hydrogen-bond donors (Lipinski definition) is 0. The van der Waals surface area contributed by atoms with Gasteiger partial charge in [0.25, 0.3) is 0 Å². The second-order valence-corrected chi connectivity index (χ2v) is 5.14. The van der Waals surface area contributed by atoms with Crippen molar-refractivity contribution >= 4 is 23.5 Å². The van der Waals surface area contributed by atoms with Crippen molar-refractivity contribution in [3.8, 4) is 0 Å². The average molecular weight is 314 g/mol. The van der Waals surface area contributed by atoms with Crippen LogP contribution in [0.4, 0.5) is 5.95 Å². The van der Waals surface area contributed by atoms with E-state index >= 15 is 0 Å². The first-order valence-electron chi connectivity index (χ1n) is 7.13. The standard InChI is InChI=1S/C14H20ClN3O3/c1-3-21-12(19)5-4-11-10(2)16-14(17-13(11)15)18-6-8-20-9-7-18/h3-9H2,1-2H3. The highest BCUT2D eigenvalue weighted by Gasteiger charge is 2.18. The van der Waals surface area contributed by atoms with Gasteiger partial charge in [0.15, 0.2) is 0 Å². The highest BCUT2D eigenvalue weighted by atomic mass is 35.5. The summed E-state index contributed by atoms with van der Waals surface area (Å²) in [5.74, 6) is 0.394. The van der Waals surface area contributed by atoms with E-state index in [0.29, 0.717) is 37.3 Å². The summed E-state index contributed by atoms with van der Waals surface area (Å²) in [4.78, 5) is 22.3. The number of aromatic nitrogens is 2. The van der Waals surface area contributed by atoms with E-state index in [1.54, 1.807) is 6.92 Å². The highest BCUT2D eigenvalue weighted by molar-refractivity contribution is 6.30. The lowest BCUT2D eigenvalue weighted by Crippen LogP contribution is -2.37. The summed E-state index contributed by atoms with van der Waals surface area (Å²) in [7, 11) is 0. The third-order valence-corrected chi connectivity index (χ3v) is 3.64. The molecular weight excluding hydrogens is 294 g/mol. The van der Waals surface area contributed by atoms with Gasteiger partial charge in [-0.15, -0.1) is 0 Å². The SMILES string of the molecule is CCOC(=O)CCc1c(C)nc(N2CCOCC2)nc1Cl. The van der Waals surface area contributed by atoms with Gasteiger partial charge < -0.3 is 14.4 Å². The molecule has 21 heavy (non-hydrogen) atoms. The topological polar surface area (TPSA) is 64.5 Å². The van der Waals surface area contributed by atoms with E-state index in [-0.39, 0.29) is 12.4 Å². The zero-order chi connectivity index (χ0) is 15.2. The monoisotopic (exact) mass is 313 g/mol. The minimum absolute atomic E-state index is 0.231. The van der Waals surface area contributed by atoms with Crippen molar-refractivity contribution in [2.75, 3.05) is 37.8 Å². The fourth-order valence-corrected chi connectivity index (χ4v) is 2.50. The van der Waals surface area contributed by atoms with Crippen molar-refractivity contribution in [1.82, 2.24) is 9.97 Å².